The van der Waals surface area contributed by atoms with E-state index in [-0.39, 0.29) is 17.8 Å². The molecule has 0 radical (unpaired) electrons. The van der Waals surface area contributed by atoms with Crippen molar-refractivity contribution in [3.63, 3.8) is 0 Å². The molecule has 4 heteroatoms. The van der Waals surface area contributed by atoms with Crippen LogP contribution in [0.2, 0.25) is 0 Å². The van der Waals surface area contributed by atoms with Crippen molar-refractivity contribution in [3.8, 4) is 5.75 Å². The van der Waals surface area contributed by atoms with E-state index in [0.29, 0.717) is 0 Å². The Kier molecular flexibility index (Phi) is 4.43. The lowest BCUT2D eigenvalue weighted by Crippen LogP contribution is -2.19. The van der Waals surface area contributed by atoms with Crippen LogP contribution in [0.5, 0.6) is 5.75 Å². The first kappa shape index (κ1) is 15.6. The first-order chi connectivity index (χ1) is 9.58. The quantitative estimate of drug-likeness (QED) is 0.936. The van der Waals surface area contributed by atoms with Crippen LogP contribution in [0, 0.1) is 0 Å². The molecule has 1 aliphatic heterocycles. The van der Waals surface area contributed by atoms with Gasteiger partial charge in [-0.1, -0.05) is 26.0 Å². The lowest BCUT2D eigenvalue weighted by molar-refractivity contribution is 0.414. The average molecular weight is 305 g/mol. The normalized spacial score (nSPS) is 14.8. The number of ether oxygens (including phenoxy) is 1. The molecule has 0 saturated heterocycles. The second kappa shape index (κ2) is 5.94. The fraction of sp³-hybridized carbons (Fsp3) is 0.353. The van der Waals surface area contributed by atoms with E-state index in [2.05, 4.69) is 42.3 Å². The number of halogens is 1. The van der Waals surface area contributed by atoms with Crippen LogP contribution in [0.25, 0.3) is 0 Å². The SMILES string of the molecule is COc1cccc(Cc2cc3c(cn2)C(C)(C)CN3)c1.Cl. The topological polar surface area (TPSA) is 34.1 Å². The lowest BCUT2D eigenvalue weighted by atomic mass is 9.88. The molecular weight excluding hydrogens is 284 g/mol. The summed E-state index contributed by atoms with van der Waals surface area (Å²) < 4.78 is 5.26. The monoisotopic (exact) mass is 304 g/mol. The Morgan fingerprint density at radius 1 is 1.29 bits per heavy atom. The van der Waals surface area contributed by atoms with Gasteiger partial charge in [0.25, 0.3) is 0 Å². The van der Waals surface area contributed by atoms with Crippen LogP contribution < -0.4 is 10.1 Å². The Balaban J connectivity index is 0.00000161. The molecular formula is C17H21ClN2O. The summed E-state index contributed by atoms with van der Waals surface area (Å²) in [4.78, 5) is 4.62. The van der Waals surface area contributed by atoms with Crippen molar-refractivity contribution in [1.82, 2.24) is 4.98 Å². The summed E-state index contributed by atoms with van der Waals surface area (Å²) in [6.45, 7) is 5.47. The van der Waals surface area contributed by atoms with Gasteiger partial charge in [-0.15, -0.1) is 12.4 Å². The molecule has 2 aromatic rings. The summed E-state index contributed by atoms with van der Waals surface area (Å²) in [5.74, 6) is 0.892. The number of hydrogen-bond donors (Lipinski definition) is 1. The molecule has 1 aliphatic rings. The predicted octanol–water partition coefficient (Wildman–Crippen LogP) is 3.81. The van der Waals surface area contributed by atoms with E-state index in [0.717, 1.165) is 24.4 Å². The second-order valence-corrected chi connectivity index (χ2v) is 5.99. The third kappa shape index (κ3) is 3.13. The summed E-state index contributed by atoms with van der Waals surface area (Å²) in [7, 11) is 1.69. The maximum Gasteiger partial charge on any atom is 0.119 e. The Hall–Kier alpha value is -1.74. The van der Waals surface area contributed by atoms with Gasteiger partial charge in [0.15, 0.2) is 0 Å². The summed E-state index contributed by atoms with van der Waals surface area (Å²) in [6, 6.07) is 10.3. The van der Waals surface area contributed by atoms with Crippen LogP contribution in [0.3, 0.4) is 0 Å². The van der Waals surface area contributed by atoms with E-state index >= 15 is 0 Å². The zero-order valence-corrected chi connectivity index (χ0v) is 13.5. The molecule has 0 saturated carbocycles. The minimum atomic E-state index is 0. The highest BCUT2D eigenvalue weighted by atomic mass is 35.5. The Morgan fingerprint density at radius 3 is 2.86 bits per heavy atom. The number of hydrogen-bond acceptors (Lipinski definition) is 3. The number of nitrogens with zero attached hydrogens (tertiary/aromatic N) is 1. The van der Waals surface area contributed by atoms with Crippen LogP contribution in [-0.4, -0.2) is 18.6 Å². The molecule has 0 amide bonds. The van der Waals surface area contributed by atoms with Crippen molar-refractivity contribution in [2.24, 2.45) is 0 Å². The molecule has 0 fully saturated rings. The highest BCUT2D eigenvalue weighted by Gasteiger charge is 2.29. The van der Waals surface area contributed by atoms with Crippen LogP contribution >= 0.6 is 12.4 Å². The van der Waals surface area contributed by atoms with Gasteiger partial charge in [0, 0.05) is 41.5 Å². The van der Waals surface area contributed by atoms with Crippen molar-refractivity contribution >= 4 is 18.1 Å². The smallest absolute Gasteiger partial charge is 0.119 e. The molecule has 0 spiro atoms. The van der Waals surface area contributed by atoms with Crippen molar-refractivity contribution < 1.29 is 4.74 Å². The molecule has 3 rings (SSSR count). The summed E-state index contributed by atoms with van der Waals surface area (Å²) >= 11 is 0. The van der Waals surface area contributed by atoms with E-state index in [9.17, 15) is 0 Å². The van der Waals surface area contributed by atoms with Gasteiger partial charge in [0.2, 0.25) is 0 Å². The summed E-state index contributed by atoms with van der Waals surface area (Å²) in [5.41, 5.74) is 5.02. The molecule has 1 aromatic carbocycles. The molecule has 3 nitrogen and oxygen atoms in total. The molecule has 21 heavy (non-hydrogen) atoms. The number of pyridine rings is 1. The fourth-order valence-corrected chi connectivity index (χ4v) is 2.68. The number of methoxy groups -OCH3 is 1. The lowest BCUT2D eigenvalue weighted by Gasteiger charge is -2.16. The molecule has 0 aliphatic carbocycles. The van der Waals surface area contributed by atoms with Crippen molar-refractivity contribution in [1.29, 1.82) is 0 Å². The molecule has 0 unspecified atom stereocenters. The minimum Gasteiger partial charge on any atom is -0.497 e. The van der Waals surface area contributed by atoms with E-state index in [1.165, 1.54) is 16.8 Å². The van der Waals surface area contributed by atoms with E-state index in [4.69, 9.17) is 4.74 Å². The predicted molar refractivity (Wildman–Crippen MR) is 88.8 cm³/mol. The summed E-state index contributed by atoms with van der Waals surface area (Å²) in [5, 5.41) is 3.47. The van der Waals surface area contributed by atoms with E-state index < -0.39 is 0 Å². The van der Waals surface area contributed by atoms with Gasteiger partial charge in [-0.3, -0.25) is 4.98 Å². The number of anilines is 1. The highest BCUT2D eigenvalue weighted by Crippen LogP contribution is 2.36. The summed E-state index contributed by atoms with van der Waals surface area (Å²) in [6.07, 6.45) is 2.84. The van der Waals surface area contributed by atoms with Crippen LogP contribution in [0.4, 0.5) is 5.69 Å². The van der Waals surface area contributed by atoms with Crippen molar-refractivity contribution in [2.45, 2.75) is 25.7 Å². The number of benzene rings is 1. The first-order valence-corrected chi connectivity index (χ1v) is 6.95. The number of aromatic nitrogens is 1. The van der Waals surface area contributed by atoms with Gasteiger partial charge in [0.1, 0.15) is 5.75 Å². The van der Waals surface area contributed by atoms with Gasteiger partial charge in [0.05, 0.1) is 7.11 Å². The average Bonchev–Trinajstić information content (AvgIpc) is 2.74. The third-order valence-corrected chi connectivity index (χ3v) is 3.93. The first-order valence-electron chi connectivity index (χ1n) is 6.95. The van der Waals surface area contributed by atoms with Gasteiger partial charge < -0.3 is 10.1 Å². The number of fused-ring (bicyclic) bond motifs is 1. The maximum atomic E-state index is 5.26. The molecule has 112 valence electrons. The minimum absolute atomic E-state index is 0. The zero-order valence-electron chi connectivity index (χ0n) is 12.6. The molecule has 2 heterocycles. The van der Waals surface area contributed by atoms with Crippen molar-refractivity contribution in [2.75, 3.05) is 19.0 Å². The van der Waals surface area contributed by atoms with Gasteiger partial charge in [-0.05, 0) is 23.8 Å². The van der Waals surface area contributed by atoms with Crippen molar-refractivity contribution in [3.05, 3.63) is 53.3 Å². The Labute approximate surface area is 132 Å². The van der Waals surface area contributed by atoms with Crippen LogP contribution in [0.15, 0.2) is 36.5 Å². The standard InChI is InChI=1S/C17H20N2O.ClH/c1-17(2)11-19-16-9-13(18-10-15(16)17)7-12-5-4-6-14(8-12)20-3;/h4-6,8-10,19H,7,11H2,1-3H3;1H. The second-order valence-electron chi connectivity index (χ2n) is 5.99. The molecule has 0 atom stereocenters. The van der Waals surface area contributed by atoms with Gasteiger partial charge in [-0.2, -0.15) is 0 Å². The molecule has 0 bridgehead atoms. The van der Waals surface area contributed by atoms with Gasteiger partial charge >= 0.3 is 0 Å². The van der Waals surface area contributed by atoms with Gasteiger partial charge in [-0.25, -0.2) is 0 Å². The molecule has 1 N–H and O–H groups in total. The zero-order chi connectivity index (χ0) is 14.2. The number of nitrogens with one attached hydrogen (secondary N) is 1. The fourth-order valence-electron chi connectivity index (χ4n) is 2.68. The molecule has 1 aromatic heterocycles. The Morgan fingerprint density at radius 2 is 2.10 bits per heavy atom. The number of rotatable bonds is 3. The largest absolute Gasteiger partial charge is 0.497 e. The maximum absolute atomic E-state index is 5.26. The van der Waals surface area contributed by atoms with Crippen LogP contribution in [-0.2, 0) is 11.8 Å². The third-order valence-electron chi connectivity index (χ3n) is 3.93. The highest BCUT2D eigenvalue weighted by molar-refractivity contribution is 5.85. The van der Waals surface area contributed by atoms with E-state index in [1.807, 2.05) is 18.3 Å². The van der Waals surface area contributed by atoms with Crippen LogP contribution in [0.1, 0.15) is 30.7 Å². The van der Waals surface area contributed by atoms with E-state index in [1.54, 1.807) is 7.11 Å². The Bertz CT molecular complexity index is 640.